The second-order valence-electron chi connectivity index (χ2n) is 3.67. The van der Waals surface area contributed by atoms with Crippen molar-refractivity contribution in [2.75, 3.05) is 7.11 Å². The van der Waals surface area contributed by atoms with Gasteiger partial charge in [0, 0.05) is 6.04 Å². The molecule has 0 heterocycles. The van der Waals surface area contributed by atoms with Gasteiger partial charge in [0.25, 0.3) is 0 Å². The molecule has 0 aromatic heterocycles. The van der Waals surface area contributed by atoms with Gasteiger partial charge >= 0.3 is 0 Å². The first-order valence-corrected chi connectivity index (χ1v) is 4.65. The predicted octanol–water partition coefficient (Wildman–Crippen LogP) is 1.95. The molecule has 1 aliphatic carbocycles. The van der Waals surface area contributed by atoms with Crippen LogP contribution >= 0.6 is 0 Å². The Bertz CT molecular complexity index is 333. The summed E-state index contributed by atoms with van der Waals surface area (Å²) < 4.78 is 5.26. The maximum atomic E-state index is 5.96. The maximum Gasteiger partial charge on any atom is 0.122 e. The molecule has 13 heavy (non-hydrogen) atoms. The van der Waals surface area contributed by atoms with Gasteiger partial charge in [0.15, 0.2) is 0 Å². The number of nitrogens with two attached hydrogens (primary N) is 1. The van der Waals surface area contributed by atoms with Crippen LogP contribution in [-0.4, -0.2) is 7.11 Å². The van der Waals surface area contributed by atoms with Crippen LogP contribution in [0.3, 0.4) is 0 Å². The molecule has 0 spiro atoms. The molecule has 0 fully saturated rings. The zero-order valence-corrected chi connectivity index (χ0v) is 8.13. The van der Waals surface area contributed by atoms with E-state index in [0.717, 1.165) is 18.6 Å². The Kier molecular flexibility index (Phi) is 2.00. The van der Waals surface area contributed by atoms with E-state index in [-0.39, 0.29) is 6.04 Å². The molecular weight excluding hydrogens is 162 g/mol. The lowest BCUT2D eigenvalue weighted by Crippen LogP contribution is -2.05. The third-order valence-electron chi connectivity index (χ3n) is 2.78. The summed E-state index contributed by atoms with van der Waals surface area (Å²) in [4.78, 5) is 0. The van der Waals surface area contributed by atoms with Crippen molar-refractivity contribution < 1.29 is 4.74 Å². The Morgan fingerprint density at radius 2 is 2.23 bits per heavy atom. The largest absolute Gasteiger partial charge is 0.496 e. The molecule has 1 aromatic carbocycles. The van der Waals surface area contributed by atoms with Gasteiger partial charge in [-0.05, 0) is 42.5 Å². The van der Waals surface area contributed by atoms with E-state index in [9.17, 15) is 0 Å². The van der Waals surface area contributed by atoms with E-state index in [1.165, 1.54) is 16.7 Å². The number of hydrogen-bond donors (Lipinski definition) is 1. The number of fused-ring (bicyclic) bond motifs is 1. The molecular formula is C11H15NO. The van der Waals surface area contributed by atoms with Crippen LogP contribution in [0.2, 0.25) is 0 Å². The van der Waals surface area contributed by atoms with Crippen molar-refractivity contribution in [2.24, 2.45) is 5.73 Å². The lowest BCUT2D eigenvalue weighted by molar-refractivity contribution is 0.411. The normalized spacial score (nSPS) is 20.1. The molecule has 0 radical (unpaired) electrons. The molecule has 0 saturated heterocycles. The highest BCUT2D eigenvalue weighted by atomic mass is 16.5. The average Bonchev–Trinajstić information content (AvgIpc) is 2.46. The molecule has 2 N–H and O–H groups in total. The fraction of sp³-hybridized carbons (Fsp3) is 0.455. The molecule has 2 nitrogen and oxygen atoms in total. The van der Waals surface area contributed by atoms with Gasteiger partial charge < -0.3 is 10.5 Å². The number of benzene rings is 1. The predicted molar refractivity (Wildman–Crippen MR) is 53.0 cm³/mol. The van der Waals surface area contributed by atoms with E-state index in [4.69, 9.17) is 10.5 Å². The van der Waals surface area contributed by atoms with Gasteiger partial charge in [-0.1, -0.05) is 6.07 Å². The van der Waals surface area contributed by atoms with E-state index in [0.29, 0.717) is 0 Å². The first kappa shape index (κ1) is 8.57. The molecule has 2 heteroatoms. The van der Waals surface area contributed by atoms with E-state index < -0.39 is 0 Å². The zero-order valence-electron chi connectivity index (χ0n) is 8.13. The van der Waals surface area contributed by atoms with Gasteiger partial charge in [-0.2, -0.15) is 0 Å². The molecule has 0 amide bonds. The summed E-state index contributed by atoms with van der Waals surface area (Å²) in [7, 11) is 1.70. The van der Waals surface area contributed by atoms with E-state index >= 15 is 0 Å². The van der Waals surface area contributed by atoms with E-state index in [1.54, 1.807) is 7.11 Å². The van der Waals surface area contributed by atoms with Gasteiger partial charge in [0.1, 0.15) is 5.75 Å². The summed E-state index contributed by atoms with van der Waals surface area (Å²) in [5.74, 6) is 0.955. The van der Waals surface area contributed by atoms with Crippen LogP contribution in [0.15, 0.2) is 12.1 Å². The lowest BCUT2D eigenvalue weighted by atomic mass is 10.0. The molecule has 70 valence electrons. The van der Waals surface area contributed by atoms with Gasteiger partial charge in [-0.15, -0.1) is 0 Å². The van der Waals surface area contributed by atoms with E-state index in [1.807, 2.05) is 0 Å². The lowest BCUT2D eigenvalue weighted by Gasteiger charge is -2.09. The van der Waals surface area contributed by atoms with Crippen LogP contribution in [0.5, 0.6) is 5.75 Å². The SMILES string of the molecule is COc1cc2c(cc1C)CC[C@H]2N. The van der Waals surface area contributed by atoms with Gasteiger partial charge in [0.2, 0.25) is 0 Å². The third-order valence-corrected chi connectivity index (χ3v) is 2.78. The van der Waals surface area contributed by atoms with Crippen LogP contribution in [0.1, 0.15) is 29.2 Å². The summed E-state index contributed by atoms with van der Waals surface area (Å²) in [6, 6.07) is 4.49. The first-order valence-electron chi connectivity index (χ1n) is 4.65. The number of aryl methyl sites for hydroxylation is 2. The third kappa shape index (κ3) is 1.31. The molecule has 0 bridgehead atoms. The summed E-state index contributed by atoms with van der Waals surface area (Å²) in [5.41, 5.74) is 9.83. The second-order valence-corrected chi connectivity index (χ2v) is 3.67. The smallest absolute Gasteiger partial charge is 0.122 e. The van der Waals surface area contributed by atoms with Crippen molar-refractivity contribution >= 4 is 0 Å². The number of ether oxygens (including phenoxy) is 1. The van der Waals surface area contributed by atoms with Crippen molar-refractivity contribution in [3.63, 3.8) is 0 Å². The minimum absolute atomic E-state index is 0.212. The standard InChI is InChI=1S/C11H15NO/c1-7-5-8-3-4-10(12)9(8)6-11(7)13-2/h5-6,10H,3-4,12H2,1-2H3/t10-/m1/s1. The van der Waals surface area contributed by atoms with Crippen LogP contribution in [0.25, 0.3) is 0 Å². The minimum Gasteiger partial charge on any atom is -0.496 e. The van der Waals surface area contributed by atoms with Crippen molar-refractivity contribution in [3.05, 3.63) is 28.8 Å². The fourth-order valence-electron chi connectivity index (χ4n) is 2.01. The molecule has 0 saturated carbocycles. The Morgan fingerprint density at radius 3 is 2.92 bits per heavy atom. The summed E-state index contributed by atoms with van der Waals surface area (Å²) >= 11 is 0. The number of methoxy groups -OCH3 is 1. The zero-order chi connectivity index (χ0) is 9.42. The van der Waals surface area contributed by atoms with Gasteiger partial charge in [-0.25, -0.2) is 0 Å². The molecule has 1 aromatic rings. The Balaban J connectivity index is 2.51. The molecule has 2 rings (SSSR count). The average molecular weight is 177 g/mol. The highest BCUT2D eigenvalue weighted by Gasteiger charge is 2.20. The summed E-state index contributed by atoms with van der Waals surface area (Å²) in [5, 5.41) is 0. The van der Waals surface area contributed by atoms with Crippen molar-refractivity contribution in [3.8, 4) is 5.75 Å². The topological polar surface area (TPSA) is 35.2 Å². The molecule has 1 atom stereocenters. The summed E-state index contributed by atoms with van der Waals surface area (Å²) in [6.45, 7) is 2.07. The Hall–Kier alpha value is -1.02. The van der Waals surface area contributed by atoms with Crippen LogP contribution in [0, 0.1) is 6.92 Å². The van der Waals surface area contributed by atoms with Crippen LogP contribution < -0.4 is 10.5 Å². The molecule has 0 aliphatic heterocycles. The second kappa shape index (κ2) is 3.04. The number of hydrogen-bond acceptors (Lipinski definition) is 2. The number of rotatable bonds is 1. The molecule has 1 aliphatic rings. The van der Waals surface area contributed by atoms with E-state index in [2.05, 4.69) is 19.1 Å². The van der Waals surface area contributed by atoms with Gasteiger partial charge in [-0.3, -0.25) is 0 Å². The molecule has 0 unspecified atom stereocenters. The van der Waals surface area contributed by atoms with Gasteiger partial charge in [0.05, 0.1) is 7.11 Å². The highest BCUT2D eigenvalue weighted by molar-refractivity contribution is 5.45. The first-order chi connectivity index (χ1) is 6.22. The maximum absolute atomic E-state index is 5.96. The van der Waals surface area contributed by atoms with Crippen molar-refractivity contribution in [1.82, 2.24) is 0 Å². The quantitative estimate of drug-likeness (QED) is 0.711. The minimum atomic E-state index is 0.212. The Labute approximate surface area is 78.7 Å². The van der Waals surface area contributed by atoms with Crippen LogP contribution in [-0.2, 0) is 6.42 Å². The fourth-order valence-corrected chi connectivity index (χ4v) is 2.01. The van der Waals surface area contributed by atoms with Crippen LogP contribution in [0.4, 0.5) is 0 Å². The Morgan fingerprint density at radius 1 is 1.46 bits per heavy atom. The highest BCUT2D eigenvalue weighted by Crippen LogP contribution is 2.34. The summed E-state index contributed by atoms with van der Waals surface area (Å²) in [6.07, 6.45) is 2.18. The van der Waals surface area contributed by atoms with Crippen molar-refractivity contribution in [2.45, 2.75) is 25.8 Å². The van der Waals surface area contributed by atoms with Crippen molar-refractivity contribution in [1.29, 1.82) is 0 Å². The monoisotopic (exact) mass is 177 g/mol.